The predicted octanol–water partition coefficient (Wildman–Crippen LogP) is 2.84. The van der Waals surface area contributed by atoms with Crippen molar-refractivity contribution in [3.63, 3.8) is 0 Å². The van der Waals surface area contributed by atoms with E-state index >= 15 is 0 Å². The van der Waals surface area contributed by atoms with E-state index in [-0.39, 0.29) is 11.9 Å². The number of hydrogen-bond acceptors (Lipinski definition) is 3. The summed E-state index contributed by atoms with van der Waals surface area (Å²) in [5.41, 5.74) is 0.497. The van der Waals surface area contributed by atoms with Crippen LogP contribution in [0.4, 0.5) is 0 Å². The highest BCUT2D eigenvalue weighted by Gasteiger charge is 2.25. The Morgan fingerprint density at radius 1 is 1.55 bits per heavy atom. The SMILES string of the molecule is CC(C)N(CC1CCCCN1)C(=O)c1ncccc1Br. The summed E-state index contributed by atoms with van der Waals surface area (Å²) >= 11 is 3.41. The minimum Gasteiger partial charge on any atom is -0.333 e. The molecule has 0 aliphatic carbocycles. The number of nitrogens with one attached hydrogen (secondary N) is 1. The van der Waals surface area contributed by atoms with Crippen LogP contribution in [-0.2, 0) is 0 Å². The summed E-state index contributed by atoms with van der Waals surface area (Å²) in [4.78, 5) is 18.8. The fourth-order valence-corrected chi connectivity index (χ4v) is 2.95. The topological polar surface area (TPSA) is 45.2 Å². The maximum Gasteiger partial charge on any atom is 0.273 e. The molecule has 1 N–H and O–H groups in total. The largest absolute Gasteiger partial charge is 0.333 e. The van der Waals surface area contributed by atoms with Crippen LogP contribution < -0.4 is 5.32 Å². The third-order valence-corrected chi connectivity index (χ3v) is 4.31. The molecule has 20 heavy (non-hydrogen) atoms. The normalized spacial score (nSPS) is 19.1. The molecule has 110 valence electrons. The van der Waals surface area contributed by atoms with Crippen molar-refractivity contribution in [3.05, 3.63) is 28.5 Å². The lowest BCUT2D eigenvalue weighted by molar-refractivity contribution is 0.0669. The molecule has 1 amide bonds. The average Bonchev–Trinajstić information content (AvgIpc) is 2.45. The van der Waals surface area contributed by atoms with Gasteiger partial charge >= 0.3 is 0 Å². The molecule has 0 saturated carbocycles. The molecule has 1 aromatic heterocycles. The van der Waals surface area contributed by atoms with E-state index in [2.05, 4.69) is 40.1 Å². The highest BCUT2D eigenvalue weighted by Crippen LogP contribution is 2.18. The smallest absolute Gasteiger partial charge is 0.273 e. The summed E-state index contributed by atoms with van der Waals surface area (Å²) in [6, 6.07) is 4.25. The molecule has 2 heterocycles. The molecule has 1 saturated heterocycles. The van der Waals surface area contributed by atoms with Gasteiger partial charge in [0.05, 0.1) is 0 Å². The van der Waals surface area contributed by atoms with Crippen molar-refractivity contribution < 1.29 is 4.79 Å². The van der Waals surface area contributed by atoms with E-state index in [1.165, 1.54) is 12.8 Å². The van der Waals surface area contributed by atoms with Crippen molar-refractivity contribution in [2.24, 2.45) is 0 Å². The van der Waals surface area contributed by atoms with Crippen LogP contribution in [0.2, 0.25) is 0 Å². The van der Waals surface area contributed by atoms with Gasteiger partial charge in [0.2, 0.25) is 0 Å². The fraction of sp³-hybridized carbons (Fsp3) is 0.600. The zero-order valence-corrected chi connectivity index (χ0v) is 13.7. The highest BCUT2D eigenvalue weighted by atomic mass is 79.9. The van der Waals surface area contributed by atoms with Crippen LogP contribution in [0.5, 0.6) is 0 Å². The number of halogens is 1. The monoisotopic (exact) mass is 339 g/mol. The number of aromatic nitrogens is 1. The van der Waals surface area contributed by atoms with Gasteiger partial charge in [-0.05, 0) is 61.3 Å². The quantitative estimate of drug-likeness (QED) is 0.917. The molecular weight excluding hydrogens is 318 g/mol. The van der Waals surface area contributed by atoms with Gasteiger partial charge in [-0.15, -0.1) is 0 Å². The number of piperidine rings is 1. The van der Waals surface area contributed by atoms with E-state index in [4.69, 9.17) is 0 Å². The van der Waals surface area contributed by atoms with Crippen molar-refractivity contribution in [2.45, 2.75) is 45.2 Å². The van der Waals surface area contributed by atoms with Gasteiger partial charge < -0.3 is 10.2 Å². The second-order valence-corrected chi connectivity index (χ2v) is 6.39. The van der Waals surface area contributed by atoms with Gasteiger partial charge in [0.1, 0.15) is 5.69 Å². The van der Waals surface area contributed by atoms with E-state index in [1.807, 2.05) is 17.0 Å². The third kappa shape index (κ3) is 3.79. The van der Waals surface area contributed by atoms with Gasteiger partial charge in [0.15, 0.2) is 0 Å². The number of nitrogens with zero attached hydrogens (tertiary/aromatic N) is 2. The van der Waals surface area contributed by atoms with Crippen LogP contribution in [0, 0.1) is 0 Å². The number of hydrogen-bond donors (Lipinski definition) is 1. The summed E-state index contributed by atoms with van der Waals surface area (Å²) in [7, 11) is 0. The number of carbonyl (C=O) groups is 1. The van der Waals surface area contributed by atoms with Crippen molar-refractivity contribution in [2.75, 3.05) is 13.1 Å². The minimum atomic E-state index is -0.000140. The van der Waals surface area contributed by atoms with Gasteiger partial charge in [-0.1, -0.05) is 6.42 Å². The molecule has 1 fully saturated rings. The molecule has 4 nitrogen and oxygen atoms in total. The number of pyridine rings is 1. The molecule has 1 aromatic rings. The van der Waals surface area contributed by atoms with Gasteiger partial charge in [0.25, 0.3) is 5.91 Å². The Morgan fingerprint density at radius 3 is 2.95 bits per heavy atom. The van der Waals surface area contributed by atoms with Crippen molar-refractivity contribution in [3.8, 4) is 0 Å². The van der Waals surface area contributed by atoms with Gasteiger partial charge in [-0.2, -0.15) is 0 Å². The van der Waals surface area contributed by atoms with Crippen LogP contribution in [0.15, 0.2) is 22.8 Å². The summed E-state index contributed by atoms with van der Waals surface area (Å²) in [6.07, 6.45) is 5.28. The summed E-state index contributed by atoms with van der Waals surface area (Å²) in [6.45, 7) is 5.91. The second-order valence-electron chi connectivity index (χ2n) is 5.53. The molecule has 1 aliphatic rings. The van der Waals surface area contributed by atoms with Crippen LogP contribution in [0.1, 0.15) is 43.6 Å². The van der Waals surface area contributed by atoms with Crippen LogP contribution >= 0.6 is 15.9 Å². The maximum absolute atomic E-state index is 12.7. The first-order chi connectivity index (χ1) is 9.59. The van der Waals surface area contributed by atoms with Crippen LogP contribution in [0.3, 0.4) is 0 Å². The Hall–Kier alpha value is -0.940. The molecule has 0 radical (unpaired) electrons. The zero-order valence-electron chi connectivity index (χ0n) is 12.1. The van der Waals surface area contributed by atoms with Crippen LogP contribution in [0.25, 0.3) is 0 Å². The lowest BCUT2D eigenvalue weighted by Crippen LogP contribution is -2.48. The zero-order chi connectivity index (χ0) is 14.5. The van der Waals surface area contributed by atoms with E-state index in [1.54, 1.807) is 6.20 Å². The molecule has 0 aromatic carbocycles. The predicted molar refractivity (Wildman–Crippen MR) is 83.8 cm³/mol. The molecule has 1 unspecified atom stereocenters. The maximum atomic E-state index is 12.7. The van der Waals surface area contributed by atoms with Crippen molar-refractivity contribution >= 4 is 21.8 Å². The fourth-order valence-electron chi connectivity index (χ4n) is 2.52. The molecular formula is C15H22BrN3O. The van der Waals surface area contributed by atoms with Gasteiger partial charge in [-0.3, -0.25) is 4.79 Å². The molecule has 2 rings (SSSR count). The van der Waals surface area contributed by atoms with E-state index in [9.17, 15) is 4.79 Å². The average molecular weight is 340 g/mol. The molecule has 1 aliphatic heterocycles. The van der Waals surface area contributed by atoms with E-state index in [0.717, 1.165) is 24.0 Å². The van der Waals surface area contributed by atoms with Gasteiger partial charge in [-0.25, -0.2) is 4.98 Å². The Bertz CT molecular complexity index is 458. The summed E-state index contributed by atoms with van der Waals surface area (Å²) in [5.74, 6) is -0.000140. The van der Waals surface area contributed by atoms with Crippen molar-refractivity contribution in [1.82, 2.24) is 15.2 Å². The Kier molecular flexibility index (Phi) is 5.54. The summed E-state index contributed by atoms with van der Waals surface area (Å²) in [5, 5.41) is 3.50. The summed E-state index contributed by atoms with van der Waals surface area (Å²) < 4.78 is 0.757. The first kappa shape index (κ1) is 15.4. The Balaban J connectivity index is 2.11. The number of carbonyl (C=O) groups excluding carboxylic acids is 1. The van der Waals surface area contributed by atoms with Crippen LogP contribution in [-0.4, -0.2) is 41.0 Å². The highest BCUT2D eigenvalue weighted by molar-refractivity contribution is 9.10. The third-order valence-electron chi connectivity index (χ3n) is 3.67. The molecule has 5 heteroatoms. The number of amides is 1. The number of rotatable bonds is 4. The van der Waals surface area contributed by atoms with E-state index in [0.29, 0.717) is 11.7 Å². The minimum absolute atomic E-state index is 0.000140. The lowest BCUT2D eigenvalue weighted by Gasteiger charge is -2.33. The van der Waals surface area contributed by atoms with Crippen molar-refractivity contribution in [1.29, 1.82) is 0 Å². The Labute approximate surface area is 129 Å². The molecule has 0 bridgehead atoms. The van der Waals surface area contributed by atoms with E-state index < -0.39 is 0 Å². The first-order valence-electron chi connectivity index (χ1n) is 7.24. The lowest BCUT2D eigenvalue weighted by atomic mass is 10.0. The molecule has 0 spiro atoms. The molecule has 1 atom stereocenters. The standard InChI is InChI=1S/C15H22BrN3O/c1-11(2)19(10-12-6-3-4-8-17-12)15(20)14-13(16)7-5-9-18-14/h5,7,9,11-12,17H,3-4,6,8,10H2,1-2H3. The van der Waals surface area contributed by atoms with Gasteiger partial charge in [0, 0.05) is 29.3 Å². The second kappa shape index (κ2) is 7.18. The first-order valence-corrected chi connectivity index (χ1v) is 8.03. The Morgan fingerprint density at radius 2 is 2.35 bits per heavy atom.